The minimum atomic E-state index is -0.0522. The predicted octanol–water partition coefficient (Wildman–Crippen LogP) is 2.91. The number of pyridine rings is 2. The third-order valence-electron chi connectivity index (χ3n) is 3.16. The average Bonchev–Trinajstić information content (AvgIpc) is 2.93. The molecule has 0 bridgehead atoms. The first-order valence-electron chi connectivity index (χ1n) is 6.94. The number of amides is 1. The summed E-state index contributed by atoms with van der Waals surface area (Å²) in [4.78, 5) is 20.5. The lowest BCUT2D eigenvalue weighted by Crippen LogP contribution is -2.14. The third-order valence-corrected chi connectivity index (χ3v) is 4.13. The Hall–Kier alpha value is -2.34. The minimum Gasteiger partial charge on any atom is -0.310 e. The largest absolute Gasteiger partial charge is 0.310 e. The molecule has 112 valence electrons. The van der Waals surface area contributed by atoms with E-state index in [0.29, 0.717) is 17.3 Å². The van der Waals surface area contributed by atoms with Gasteiger partial charge in [0.25, 0.3) is 0 Å². The monoisotopic (exact) mass is 312 g/mol. The van der Waals surface area contributed by atoms with Crippen molar-refractivity contribution in [1.82, 2.24) is 14.4 Å². The molecule has 0 aliphatic rings. The predicted molar refractivity (Wildman–Crippen MR) is 89.0 cm³/mol. The number of nitrogens with one attached hydrogen (secondary N) is 1. The van der Waals surface area contributed by atoms with E-state index in [1.807, 2.05) is 43.5 Å². The summed E-state index contributed by atoms with van der Waals surface area (Å²) in [7, 11) is 0. The molecule has 0 aromatic carbocycles. The number of thioether (sulfide) groups is 1. The Morgan fingerprint density at radius 3 is 2.95 bits per heavy atom. The zero-order valence-corrected chi connectivity index (χ0v) is 13.0. The molecular formula is C16H16N4OS. The molecule has 1 N–H and O–H groups in total. The lowest BCUT2D eigenvalue weighted by Gasteiger charge is -2.02. The Labute approximate surface area is 132 Å². The highest BCUT2D eigenvalue weighted by atomic mass is 32.2. The van der Waals surface area contributed by atoms with Crippen molar-refractivity contribution < 1.29 is 4.79 Å². The van der Waals surface area contributed by atoms with Gasteiger partial charge in [0.2, 0.25) is 5.91 Å². The lowest BCUT2D eigenvalue weighted by molar-refractivity contribution is -0.113. The number of carbonyl (C=O) groups excluding carboxylic acids is 1. The van der Waals surface area contributed by atoms with Crippen molar-refractivity contribution in [2.45, 2.75) is 12.7 Å². The maximum Gasteiger partial charge on any atom is 0.235 e. The molecule has 5 nitrogen and oxygen atoms in total. The van der Waals surface area contributed by atoms with Crippen molar-refractivity contribution >= 4 is 29.1 Å². The molecule has 0 radical (unpaired) electrons. The number of hydrogen-bond donors (Lipinski definition) is 1. The van der Waals surface area contributed by atoms with Crippen LogP contribution in [0, 0.1) is 6.92 Å². The van der Waals surface area contributed by atoms with Crippen LogP contribution in [0.15, 0.2) is 48.8 Å². The molecule has 0 spiro atoms. The van der Waals surface area contributed by atoms with E-state index in [1.54, 1.807) is 12.3 Å². The second-order valence-corrected chi connectivity index (χ2v) is 5.87. The van der Waals surface area contributed by atoms with Gasteiger partial charge in [0, 0.05) is 23.8 Å². The summed E-state index contributed by atoms with van der Waals surface area (Å²) < 4.78 is 2.06. The number of nitrogens with zero attached hydrogens (tertiary/aromatic N) is 3. The molecule has 0 saturated carbocycles. The molecule has 3 aromatic rings. The topological polar surface area (TPSA) is 59.3 Å². The summed E-state index contributed by atoms with van der Waals surface area (Å²) >= 11 is 1.54. The van der Waals surface area contributed by atoms with Crippen LogP contribution in [0.3, 0.4) is 0 Å². The summed E-state index contributed by atoms with van der Waals surface area (Å²) in [5.41, 5.74) is 3.06. The first-order chi connectivity index (χ1) is 10.7. The van der Waals surface area contributed by atoms with Crippen molar-refractivity contribution in [3.05, 3.63) is 60.2 Å². The summed E-state index contributed by atoms with van der Waals surface area (Å²) in [5, 5.41) is 2.77. The van der Waals surface area contributed by atoms with Gasteiger partial charge >= 0.3 is 0 Å². The molecule has 3 rings (SSSR count). The summed E-state index contributed by atoms with van der Waals surface area (Å²) in [6.07, 6.45) is 3.68. The van der Waals surface area contributed by atoms with Gasteiger partial charge < -0.3 is 9.72 Å². The molecule has 6 heteroatoms. The quantitative estimate of drug-likeness (QED) is 0.787. The second kappa shape index (κ2) is 6.62. The van der Waals surface area contributed by atoms with Crippen LogP contribution in [0.2, 0.25) is 0 Å². The molecule has 0 aliphatic carbocycles. The Kier molecular flexibility index (Phi) is 4.39. The number of aromatic nitrogens is 3. The van der Waals surface area contributed by atoms with E-state index in [0.717, 1.165) is 17.0 Å². The number of fused-ring (bicyclic) bond motifs is 1. The van der Waals surface area contributed by atoms with Gasteiger partial charge in [-0.3, -0.25) is 4.79 Å². The van der Waals surface area contributed by atoms with E-state index in [9.17, 15) is 4.79 Å². The van der Waals surface area contributed by atoms with Crippen LogP contribution >= 0.6 is 11.8 Å². The zero-order valence-electron chi connectivity index (χ0n) is 12.2. The van der Waals surface area contributed by atoms with Crippen LogP contribution in [0.5, 0.6) is 0 Å². The SMILES string of the molecule is Cc1cccc2nc(CSCC(=O)Nc3ccccn3)cn12. The fourth-order valence-electron chi connectivity index (χ4n) is 2.13. The van der Waals surface area contributed by atoms with Gasteiger partial charge in [-0.2, -0.15) is 0 Å². The van der Waals surface area contributed by atoms with Gasteiger partial charge in [-0.05, 0) is 31.2 Å². The van der Waals surface area contributed by atoms with Crippen molar-refractivity contribution in [2.75, 3.05) is 11.1 Å². The van der Waals surface area contributed by atoms with Crippen molar-refractivity contribution in [3.8, 4) is 0 Å². The van der Waals surface area contributed by atoms with E-state index in [4.69, 9.17) is 0 Å². The molecule has 3 heterocycles. The van der Waals surface area contributed by atoms with Gasteiger partial charge in [0.1, 0.15) is 11.5 Å². The average molecular weight is 312 g/mol. The van der Waals surface area contributed by atoms with Gasteiger partial charge in [-0.25, -0.2) is 9.97 Å². The molecule has 1 amide bonds. The highest BCUT2D eigenvalue weighted by molar-refractivity contribution is 7.99. The fourth-order valence-corrected chi connectivity index (χ4v) is 2.84. The minimum absolute atomic E-state index is 0.0522. The number of imidazole rings is 1. The molecule has 3 aromatic heterocycles. The van der Waals surface area contributed by atoms with E-state index in [2.05, 4.69) is 19.7 Å². The molecule has 0 unspecified atom stereocenters. The zero-order chi connectivity index (χ0) is 15.4. The highest BCUT2D eigenvalue weighted by Crippen LogP contribution is 2.14. The first kappa shape index (κ1) is 14.6. The van der Waals surface area contributed by atoms with Crippen LogP contribution in [0.4, 0.5) is 5.82 Å². The molecule has 0 aliphatic heterocycles. The van der Waals surface area contributed by atoms with Crippen molar-refractivity contribution in [1.29, 1.82) is 0 Å². The van der Waals surface area contributed by atoms with Crippen molar-refractivity contribution in [2.24, 2.45) is 0 Å². The molecule has 0 saturated heterocycles. The maximum atomic E-state index is 11.8. The Morgan fingerprint density at radius 1 is 1.27 bits per heavy atom. The van der Waals surface area contributed by atoms with Crippen LogP contribution in [-0.2, 0) is 10.5 Å². The van der Waals surface area contributed by atoms with Gasteiger partial charge in [0.05, 0.1) is 11.4 Å². The third kappa shape index (κ3) is 3.46. The number of hydrogen-bond acceptors (Lipinski definition) is 4. The van der Waals surface area contributed by atoms with E-state index < -0.39 is 0 Å². The number of aryl methyl sites for hydroxylation is 1. The Morgan fingerprint density at radius 2 is 2.18 bits per heavy atom. The Bertz CT molecular complexity index is 785. The van der Waals surface area contributed by atoms with Gasteiger partial charge in [0.15, 0.2) is 0 Å². The molecule has 0 atom stereocenters. The lowest BCUT2D eigenvalue weighted by atomic mass is 10.4. The summed E-state index contributed by atoms with van der Waals surface area (Å²) in [6.45, 7) is 2.05. The van der Waals surface area contributed by atoms with E-state index >= 15 is 0 Å². The number of rotatable bonds is 5. The van der Waals surface area contributed by atoms with E-state index in [1.165, 1.54) is 11.8 Å². The maximum absolute atomic E-state index is 11.8. The number of anilines is 1. The second-order valence-electron chi connectivity index (χ2n) is 4.88. The molecular weight excluding hydrogens is 296 g/mol. The fraction of sp³-hybridized carbons (Fsp3) is 0.188. The van der Waals surface area contributed by atoms with E-state index in [-0.39, 0.29) is 5.91 Å². The van der Waals surface area contributed by atoms with Crippen LogP contribution < -0.4 is 5.32 Å². The van der Waals surface area contributed by atoms with Crippen molar-refractivity contribution in [3.63, 3.8) is 0 Å². The standard InChI is InChI=1S/C16H16N4OS/c1-12-5-4-7-15-18-13(9-20(12)15)10-22-11-16(21)19-14-6-2-3-8-17-14/h2-9H,10-11H2,1H3,(H,17,19,21). The summed E-state index contributed by atoms with van der Waals surface area (Å²) in [6, 6.07) is 11.5. The first-order valence-corrected chi connectivity index (χ1v) is 8.10. The van der Waals surface area contributed by atoms with Crippen LogP contribution in [0.1, 0.15) is 11.4 Å². The highest BCUT2D eigenvalue weighted by Gasteiger charge is 2.06. The normalized spacial score (nSPS) is 10.8. The summed E-state index contributed by atoms with van der Waals surface area (Å²) in [5.74, 6) is 1.61. The smallest absolute Gasteiger partial charge is 0.235 e. The van der Waals surface area contributed by atoms with Gasteiger partial charge in [-0.15, -0.1) is 11.8 Å². The van der Waals surface area contributed by atoms with Crippen LogP contribution in [0.25, 0.3) is 5.65 Å². The van der Waals surface area contributed by atoms with Crippen LogP contribution in [-0.4, -0.2) is 26.0 Å². The van der Waals surface area contributed by atoms with Gasteiger partial charge in [-0.1, -0.05) is 12.1 Å². The Balaban J connectivity index is 1.54. The number of carbonyl (C=O) groups is 1. The molecule has 0 fully saturated rings. The molecule has 22 heavy (non-hydrogen) atoms.